The summed E-state index contributed by atoms with van der Waals surface area (Å²) in [5.74, 6) is -1.37. The lowest BCUT2D eigenvalue weighted by molar-refractivity contribution is -0.131. The molecule has 0 saturated heterocycles. The van der Waals surface area contributed by atoms with Crippen LogP contribution in [0, 0.1) is 0 Å². The lowest BCUT2D eigenvalue weighted by Gasteiger charge is -2.04. The van der Waals surface area contributed by atoms with Crippen LogP contribution in [0.25, 0.3) is 0 Å². The first-order valence-corrected chi connectivity index (χ1v) is 5.75. The van der Waals surface area contributed by atoms with Crippen molar-refractivity contribution in [3.63, 3.8) is 0 Å². The Labute approximate surface area is 109 Å². The number of carbonyl (C=O) groups excluding carboxylic acids is 1. The molecule has 0 aliphatic heterocycles. The van der Waals surface area contributed by atoms with Crippen LogP contribution in [0.3, 0.4) is 0 Å². The van der Waals surface area contributed by atoms with E-state index in [2.05, 4.69) is 10.3 Å². The van der Waals surface area contributed by atoms with E-state index in [1.165, 1.54) is 12.1 Å². The summed E-state index contributed by atoms with van der Waals surface area (Å²) in [5, 5.41) is 11.2. The van der Waals surface area contributed by atoms with Crippen molar-refractivity contribution in [2.24, 2.45) is 0 Å². The molecule has 0 aromatic carbocycles. The Hall–Kier alpha value is -1.88. The van der Waals surface area contributed by atoms with Crippen LogP contribution in [-0.4, -0.2) is 28.5 Å². The molecule has 1 aromatic rings. The molecule has 6 heteroatoms. The number of amides is 1. The molecule has 0 fully saturated rings. The van der Waals surface area contributed by atoms with Gasteiger partial charge in [-0.3, -0.25) is 4.79 Å². The molecule has 1 amide bonds. The minimum atomic E-state index is -1.05. The summed E-state index contributed by atoms with van der Waals surface area (Å²) in [4.78, 5) is 26.0. The van der Waals surface area contributed by atoms with Gasteiger partial charge >= 0.3 is 5.97 Å². The second-order valence-electron chi connectivity index (χ2n) is 3.47. The highest BCUT2D eigenvalue weighted by Gasteiger charge is 2.07. The predicted octanol–water partition coefficient (Wildman–Crippen LogP) is 1.67. The zero-order valence-electron chi connectivity index (χ0n) is 9.81. The minimum absolute atomic E-state index is 0.145. The quantitative estimate of drug-likeness (QED) is 0.629. The third kappa shape index (κ3) is 4.55. The number of carboxylic acids is 1. The maximum atomic E-state index is 11.7. The first kappa shape index (κ1) is 14.2. The number of rotatable bonds is 5. The van der Waals surface area contributed by atoms with Gasteiger partial charge in [0, 0.05) is 23.9 Å². The SMILES string of the molecule is CCc1cc(C(=O)NC/C=C/C(=O)O)cc(Cl)n1. The van der Waals surface area contributed by atoms with Crippen molar-refractivity contribution >= 4 is 23.5 Å². The number of hydrogen-bond donors (Lipinski definition) is 2. The number of carbonyl (C=O) groups is 2. The highest BCUT2D eigenvalue weighted by molar-refractivity contribution is 6.29. The molecule has 1 rings (SSSR count). The zero-order valence-corrected chi connectivity index (χ0v) is 10.6. The van der Waals surface area contributed by atoms with Gasteiger partial charge in [0.1, 0.15) is 5.15 Å². The summed E-state index contributed by atoms with van der Waals surface area (Å²) in [5.41, 5.74) is 1.14. The van der Waals surface area contributed by atoms with Crippen molar-refractivity contribution in [3.8, 4) is 0 Å². The van der Waals surface area contributed by atoms with Crippen LogP contribution in [0.1, 0.15) is 23.0 Å². The molecular formula is C12H13ClN2O3. The van der Waals surface area contributed by atoms with E-state index in [0.29, 0.717) is 12.0 Å². The number of nitrogens with one attached hydrogen (secondary N) is 1. The lowest BCUT2D eigenvalue weighted by atomic mass is 10.2. The highest BCUT2D eigenvalue weighted by atomic mass is 35.5. The molecule has 1 heterocycles. The van der Waals surface area contributed by atoms with E-state index in [0.717, 1.165) is 11.8 Å². The number of hydrogen-bond acceptors (Lipinski definition) is 3. The maximum Gasteiger partial charge on any atom is 0.328 e. The number of nitrogens with zero attached hydrogens (tertiary/aromatic N) is 1. The third-order valence-electron chi connectivity index (χ3n) is 2.11. The maximum absolute atomic E-state index is 11.7. The smallest absolute Gasteiger partial charge is 0.328 e. The lowest BCUT2D eigenvalue weighted by Crippen LogP contribution is -2.23. The highest BCUT2D eigenvalue weighted by Crippen LogP contribution is 2.11. The van der Waals surface area contributed by atoms with Gasteiger partial charge in [-0.15, -0.1) is 0 Å². The summed E-state index contributed by atoms with van der Waals surface area (Å²) < 4.78 is 0. The average Bonchev–Trinajstić information content (AvgIpc) is 2.33. The van der Waals surface area contributed by atoms with Crippen LogP contribution < -0.4 is 5.32 Å². The molecule has 0 saturated carbocycles. The van der Waals surface area contributed by atoms with E-state index in [1.54, 1.807) is 6.07 Å². The molecule has 2 N–H and O–H groups in total. The van der Waals surface area contributed by atoms with E-state index in [9.17, 15) is 9.59 Å². The Kier molecular flexibility index (Phi) is 5.32. The van der Waals surface area contributed by atoms with Crippen LogP contribution in [-0.2, 0) is 11.2 Å². The molecule has 96 valence electrons. The van der Waals surface area contributed by atoms with E-state index in [1.807, 2.05) is 6.92 Å². The minimum Gasteiger partial charge on any atom is -0.478 e. The number of aryl methyl sites for hydroxylation is 1. The van der Waals surface area contributed by atoms with Gasteiger partial charge in [-0.2, -0.15) is 0 Å². The first-order valence-electron chi connectivity index (χ1n) is 5.37. The summed E-state index contributed by atoms with van der Waals surface area (Å²) in [7, 11) is 0. The summed E-state index contributed by atoms with van der Waals surface area (Å²) in [6.45, 7) is 2.06. The Balaban J connectivity index is 2.66. The average molecular weight is 269 g/mol. The Morgan fingerprint density at radius 1 is 1.50 bits per heavy atom. The van der Waals surface area contributed by atoms with Gasteiger partial charge in [0.2, 0.25) is 0 Å². The molecule has 0 aliphatic carbocycles. The Morgan fingerprint density at radius 2 is 2.22 bits per heavy atom. The van der Waals surface area contributed by atoms with Crippen LogP contribution in [0.4, 0.5) is 0 Å². The van der Waals surface area contributed by atoms with Crippen molar-refractivity contribution in [1.29, 1.82) is 0 Å². The number of aliphatic carboxylic acids is 1. The molecule has 0 atom stereocenters. The van der Waals surface area contributed by atoms with Gasteiger partial charge in [0.25, 0.3) is 5.91 Å². The topological polar surface area (TPSA) is 79.3 Å². The molecular weight excluding hydrogens is 256 g/mol. The number of aromatic nitrogens is 1. The van der Waals surface area contributed by atoms with Gasteiger partial charge < -0.3 is 10.4 Å². The van der Waals surface area contributed by atoms with Crippen LogP contribution >= 0.6 is 11.6 Å². The summed E-state index contributed by atoms with van der Waals surface area (Å²) in [6, 6.07) is 3.12. The van der Waals surface area contributed by atoms with Crippen LogP contribution in [0.2, 0.25) is 5.15 Å². The second kappa shape index (κ2) is 6.76. The third-order valence-corrected chi connectivity index (χ3v) is 2.31. The van der Waals surface area contributed by atoms with Gasteiger partial charge in [0.15, 0.2) is 0 Å². The Bertz CT molecular complexity index is 486. The molecule has 0 spiro atoms. The van der Waals surface area contributed by atoms with Crippen molar-refractivity contribution in [2.45, 2.75) is 13.3 Å². The predicted molar refractivity (Wildman–Crippen MR) is 67.7 cm³/mol. The molecule has 0 bridgehead atoms. The monoisotopic (exact) mass is 268 g/mol. The number of halogens is 1. The fraction of sp³-hybridized carbons (Fsp3) is 0.250. The van der Waals surface area contributed by atoms with E-state index < -0.39 is 5.97 Å². The van der Waals surface area contributed by atoms with Crippen molar-refractivity contribution in [3.05, 3.63) is 40.7 Å². The van der Waals surface area contributed by atoms with Gasteiger partial charge in [-0.05, 0) is 18.6 Å². The fourth-order valence-corrected chi connectivity index (χ4v) is 1.50. The van der Waals surface area contributed by atoms with E-state index >= 15 is 0 Å². The largest absolute Gasteiger partial charge is 0.478 e. The first-order chi connectivity index (χ1) is 8.52. The fourth-order valence-electron chi connectivity index (χ4n) is 1.28. The molecule has 0 radical (unpaired) electrons. The zero-order chi connectivity index (χ0) is 13.5. The molecule has 18 heavy (non-hydrogen) atoms. The summed E-state index contributed by atoms with van der Waals surface area (Å²) >= 11 is 5.79. The van der Waals surface area contributed by atoms with Gasteiger partial charge in [0.05, 0.1) is 0 Å². The second-order valence-corrected chi connectivity index (χ2v) is 3.86. The van der Waals surface area contributed by atoms with Crippen molar-refractivity contribution < 1.29 is 14.7 Å². The standard InChI is InChI=1S/C12H13ClN2O3/c1-2-9-6-8(7-10(13)15-9)12(18)14-5-3-4-11(16)17/h3-4,6-7H,2,5H2,1H3,(H,14,18)(H,16,17)/b4-3+. The molecule has 5 nitrogen and oxygen atoms in total. The summed E-state index contributed by atoms with van der Waals surface area (Å²) in [6.07, 6.45) is 3.00. The van der Waals surface area contributed by atoms with Gasteiger partial charge in [-0.25, -0.2) is 9.78 Å². The Morgan fingerprint density at radius 3 is 2.83 bits per heavy atom. The van der Waals surface area contributed by atoms with E-state index in [-0.39, 0.29) is 17.6 Å². The molecule has 0 aliphatic rings. The van der Waals surface area contributed by atoms with Crippen LogP contribution in [0.5, 0.6) is 0 Å². The van der Waals surface area contributed by atoms with Crippen molar-refractivity contribution in [1.82, 2.24) is 10.3 Å². The van der Waals surface area contributed by atoms with Gasteiger partial charge in [-0.1, -0.05) is 24.6 Å². The molecule has 1 aromatic heterocycles. The number of carboxylic acid groups (broad SMARTS) is 1. The number of pyridine rings is 1. The van der Waals surface area contributed by atoms with E-state index in [4.69, 9.17) is 16.7 Å². The normalized spacial score (nSPS) is 10.6. The van der Waals surface area contributed by atoms with Crippen molar-refractivity contribution in [2.75, 3.05) is 6.54 Å². The van der Waals surface area contributed by atoms with Crippen LogP contribution in [0.15, 0.2) is 24.3 Å². The molecule has 0 unspecified atom stereocenters.